The first-order valence-electron chi connectivity index (χ1n) is 6.14. The highest BCUT2D eigenvalue weighted by Gasteiger charge is 2.20. The second-order valence-corrected chi connectivity index (χ2v) is 7.36. The lowest BCUT2D eigenvalue weighted by Crippen LogP contribution is -2.12. The largest absolute Gasteiger partial charge is 0.397 e. The van der Waals surface area contributed by atoms with Crippen LogP contribution in [0.1, 0.15) is 5.56 Å². The average molecular weight is 366 g/mol. The Morgan fingerprint density at radius 3 is 2.52 bits per heavy atom. The van der Waals surface area contributed by atoms with Gasteiger partial charge in [-0.2, -0.15) is 0 Å². The average Bonchev–Trinajstić information content (AvgIpc) is 2.89. The van der Waals surface area contributed by atoms with Gasteiger partial charge in [0.1, 0.15) is 0 Å². The van der Waals surface area contributed by atoms with Crippen molar-refractivity contribution in [2.24, 2.45) is 0 Å². The third-order valence-electron chi connectivity index (χ3n) is 3.25. The topological polar surface area (TPSA) is 78.0 Å². The van der Waals surface area contributed by atoms with Crippen LogP contribution in [-0.2, 0) is 10.0 Å². The predicted molar refractivity (Wildman–Crippen MR) is 85.6 cm³/mol. The predicted octanol–water partition coefficient (Wildman–Crippen LogP) is 2.93. The molecule has 0 saturated heterocycles. The molecule has 0 radical (unpaired) electrons. The SMILES string of the molecule is Cc1ccc(S(=O)(=O)n2ccc3c(N)c(Br)cnc32)cc1. The van der Waals surface area contributed by atoms with Crippen LogP contribution in [-0.4, -0.2) is 17.4 Å². The number of hydrogen-bond acceptors (Lipinski definition) is 4. The summed E-state index contributed by atoms with van der Waals surface area (Å²) >= 11 is 3.28. The van der Waals surface area contributed by atoms with Gasteiger partial charge in [0.2, 0.25) is 0 Å². The van der Waals surface area contributed by atoms with Gasteiger partial charge in [0.05, 0.1) is 15.1 Å². The van der Waals surface area contributed by atoms with Gasteiger partial charge in [-0.15, -0.1) is 0 Å². The molecule has 7 heteroatoms. The molecule has 2 N–H and O–H groups in total. The molecule has 0 bridgehead atoms. The highest BCUT2D eigenvalue weighted by atomic mass is 79.9. The maximum atomic E-state index is 12.7. The van der Waals surface area contributed by atoms with Crippen LogP contribution in [0.5, 0.6) is 0 Å². The van der Waals surface area contributed by atoms with Crippen LogP contribution in [0.15, 0.2) is 52.1 Å². The number of anilines is 1. The van der Waals surface area contributed by atoms with Crippen LogP contribution in [0.25, 0.3) is 11.0 Å². The Morgan fingerprint density at radius 2 is 1.86 bits per heavy atom. The Hall–Kier alpha value is -1.86. The van der Waals surface area contributed by atoms with E-state index in [0.717, 1.165) is 9.54 Å². The summed E-state index contributed by atoms with van der Waals surface area (Å²) in [5, 5.41) is 0.597. The number of rotatable bonds is 2. The van der Waals surface area contributed by atoms with Crippen molar-refractivity contribution in [2.75, 3.05) is 5.73 Å². The van der Waals surface area contributed by atoms with Crippen LogP contribution in [0.4, 0.5) is 5.69 Å². The quantitative estimate of drug-likeness (QED) is 0.757. The van der Waals surface area contributed by atoms with Crippen LogP contribution in [0.2, 0.25) is 0 Å². The van der Waals surface area contributed by atoms with Crippen LogP contribution in [0.3, 0.4) is 0 Å². The summed E-state index contributed by atoms with van der Waals surface area (Å²) in [7, 11) is -3.69. The molecular weight excluding hydrogens is 354 g/mol. The molecule has 0 aliphatic rings. The molecule has 0 aliphatic carbocycles. The molecule has 21 heavy (non-hydrogen) atoms. The molecule has 3 aromatic rings. The number of nitrogens with zero attached hydrogens (tertiary/aromatic N) is 2. The molecule has 2 heterocycles. The van der Waals surface area contributed by atoms with E-state index in [2.05, 4.69) is 20.9 Å². The molecule has 0 aliphatic heterocycles. The number of halogens is 1. The first-order valence-corrected chi connectivity index (χ1v) is 8.38. The highest BCUT2D eigenvalue weighted by Crippen LogP contribution is 2.29. The molecule has 0 spiro atoms. The van der Waals surface area contributed by atoms with Crippen molar-refractivity contribution in [2.45, 2.75) is 11.8 Å². The van der Waals surface area contributed by atoms with Gasteiger partial charge < -0.3 is 5.73 Å². The maximum Gasteiger partial charge on any atom is 0.269 e. The third-order valence-corrected chi connectivity index (χ3v) is 5.56. The summed E-state index contributed by atoms with van der Waals surface area (Å²) in [4.78, 5) is 4.38. The fraction of sp³-hybridized carbons (Fsp3) is 0.0714. The van der Waals surface area contributed by atoms with Gasteiger partial charge >= 0.3 is 0 Å². The summed E-state index contributed by atoms with van der Waals surface area (Å²) in [5.41, 5.74) is 7.72. The lowest BCUT2D eigenvalue weighted by Gasteiger charge is -2.08. The third kappa shape index (κ3) is 2.22. The second kappa shape index (κ2) is 4.85. The Labute approximate surface area is 130 Å². The fourth-order valence-corrected chi connectivity index (χ4v) is 3.69. The molecule has 0 atom stereocenters. The molecule has 0 amide bonds. The first kappa shape index (κ1) is 14.1. The zero-order valence-corrected chi connectivity index (χ0v) is 13.5. The van der Waals surface area contributed by atoms with Gasteiger partial charge in [0.25, 0.3) is 10.0 Å². The summed E-state index contributed by atoms with van der Waals surface area (Å²) < 4.78 is 27.2. The van der Waals surface area contributed by atoms with Crippen molar-refractivity contribution in [1.82, 2.24) is 8.96 Å². The van der Waals surface area contributed by atoms with Gasteiger partial charge in [0, 0.05) is 17.8 Å². The number of pyridine rings is 1. The van der Waals surface area contributed by atoms with E-state index in [0.29, 0.717) is 21.2 Å². The van der Waals surface area contributed by atoms with E-state index in [9.17, 15) is 8.42 Å². The molecule has 2 aromatic heterocycles. The van der Waals surface area contributed by atoms with E-state index in [1.54, 1.807) is 30.3 Å². The van der Waals surface area contributed by atoms with E-state index in [1.807, 2.05) is 6.92 Å². The highest BCUT2D eigenvalue weighted by molar-refractivity contribution is 9.10. The lowest BCUT2D eigenvalue weighted by atomic mass is 10.2. The summed E-state index contributed by atoms with van der Waals surface area (Å²) in [5.74, 6) is 0. The minimum absolute atomic E-state index is 0.217. The first-order chi connectivity index (χ1) is 9.91. The molecular formula is C14H12BrN3O2S. The Morgan fingerprint density at radius 1 is 1.19 bits per heavy atom. The second-order valence-electron chi connectivity index (χ2n) is 4.69. The number of aromatic nitrogens is 2. The number of hydrogen-bond donors (Lipinski definition) is 1. The number of benzene rings is 1. The number of nitrogens with two attached hydrogens (primary N) is 1. The summed E-state index contributed by atoms with van der Waals surface area (Å²) in [6, 6.07) is 8.33. The van der Waals surface area contributed by atoms with Crippen molar-refractivity contribution in [1.29, 1.82) is 0 Å². The molecule has 108 valence electrons. The fourth-order valence-electron chi connectivity index (χ4n) is 2.08. The van der Waals surface area contributed by atoms with E-state index in [-0.39, 0.29) is 4.90 Å². The van der Waals surface area contributed by atoms with Gasteiger partial charge in [-0.3, -0.25) is 0 Å². The Kier molecular flexibility index (Phi) is 3.26. The van der Waals surface area contributed by atoms with Gasteiger partial charge in [-0.25, -0.2) is 17.4 Å². The summed E-state index contributed by atoms with van der Waals surface area (Å²) in [6.07, 6.45) is 2.97. The van der Waals surface area contributed by atoms with Crippen LogP contribution < -0.4 is 5.73 Å². The smallest absolute Gasteiger partial charge is 0.269 e. The molecule has 5 nitrogen and oxygen atoms in total. The summed E-state index contributed by atoms with van der Waals surface area (Å²) in [6.45, 7) is 1.90. The van der Waals surface area contributed by atoms with Gasteiger partial charge in [-0.1, -0.05) is 17.7 Å². The number of aryl methyl sites for hydroxylation is 1. The Balaban J connectivity index is 2.25. The van der Waals surface area contributed by atoms with Crippen LogP contribution >= 0.6 is 15.9 Å². The molecule has 0 saturated carbocycles. The van der Waals surface area contributed by atoms with E-state index < -0.39 is 10.0 Å². The monoisotopic (exact) mass is 365 g/mol. The standard InChI is InChI=1S/C14H12BrN3O2S/c1-9-2-4-10(5-3-9)21(19,20)18-7-6-11-13(16)12(15)8-17-14(11)18/h2-8H,1H3,(H2,16,17). The van der Waals surface area contributed by atoms with Gasteiger partial charge in [0.15, 0.2) is 5.65 Å². The van der Waals surface area contributed by atoms with E-state index in [4.69, 9.17) is 5.73 Å². The zero-order chi connectivity index (χ0) is 15.2. The van der Waals surface area contributed by atoms with Crippen molar-refractivity contribution in [3.63, 3.8) is 0 Å². The molecule has 0 unspecified atom stereocenters. The maximum absolute atomic E-state index is 12.7. The molecule has 3 rings (SSSR count). The van der Waals surface area contributed by atoms with Crippen molar-refractivity contribution >= 4 is 42.7 Å². The van der Waals surface area contributed by atoms with Crippen molar-refractivity contribution in [3.8, 4) is 0 Å². The minimum atomic E-state index is -3.69. The number of nitrogen functional groups attached to an aromatic ring is 1. The minimum Gasteiger partial charge on any atom is -0.397 e. The van der Waals surface area contributed by atoms with Crippen LogP contribution in [0, 0.1) is 6.92 Å². The normalized spacial score (nSPS) is 11.9. The molecule has 0 fully saturated rings. The molecule has 1 aromatic carbocycles. The zero-order valence-electron chi connectivity index (χ0n) is 11.1. The number of fused-ring (bicyclic) bond motifs is 1. The van der Waals surface area contributed by atoms with Gasteiger partial charge in [-0.05, 0) is 41.1 Å². The van der Waals surface area contributed by atoms with E-state index in [1.165, 1.54) is 12.4 Å². The lowest BCUT2D eigenvalue weighted by molar-refractivity contribution is 0.589. The van der Waals surface area contributed by atoms with Crippen molar-refractivity contribution in [3.05, 3.63) is 52.8 Å². The van der Waals surface area contributed by atoms with Crippen molar-refractivity contribution < 1.29 is 8.42 Å². The Bertz CT molecular complexity index is 931. The van der Waals surface area contributed by atoms with E-state index >= 15 is 0 Å².